The van der Waals surface area contributed by atoms with Crippen LogP contribution in [-0.4, -0.2) is 44.7 Å². The lowest BCUT2D eigenvalue weighted by atomic mass is 10.1. The highest BCUT2D eigenvalue weighted by Crippen LogP contribution is 2.27. The van der Waals surface area contributed by atoms with Crippen LogP contribution in [-0.2, 0) is 6.54 Å². The third-order valence-electron chi connectivity index (χ3n) is 4.79. The van der Waals surface area contributed by atoms with Gasteiger partial charge in [0.05, 0.1) is 26.8 Å². The van der Waals surface area contributed by atoms with Crippen LogP contribution in [0.5, 0.6) is 11.5 Å². The molecule has 0 aliphatic carbocycles. The molecule has 28 heavy (non-hydrogen) atoms. The zero-order valence-electron chi connectivity index (χ0n) is 17.3. The molecule has 0 fully saturated rings. The van der Waals surface area contributed by atoms with E-state index in [1.165, 1.54) is 5.56 Å². The van der Waals surface area contributed by atoms with Gasteiger partial charge in [0.15, 0.2) is 17.5 Å². The van der Waals surface area contributed by atoms with Crippen molar-refractivity contribution < 1.29 is 9.47 Å². The van der Waals surface area contributed by atoms with Gasteiger partial charge in [-0.05, 0) is 36.3 Å². The first-order valence-electron chi connectivity index (χ1n) is 9.66. The predicted molar refractivity (Wildman–Crippen MR) is 115 cm³/mol. The van der Waals surface area contributed by atoms with Crippen LogP contribution in [0.25, 0.3) is 0 Å². The zero-order valence-corrected chi connectivity index (χ0v) is 17.3. The van der Waals surface area contributed by atoms with Gasteiger partial charge in [0.1, 0.15) is 0 Å². The molecule has 0 bridgehead atoms. The molecule has 0 saturated carbocycles. The molecule has 0 spiro atoms. The fourth-order valence-electron chi connectivity index (χ4n) is 3.21. The average molecular weight is 385 g/mol. The highest BCUT2D eigenvalue weighted by Gasteiger charge is 2.17. The third kappa shape index (κ3) is 5.89. The Morgan fingerprint density at radius 2 is 1.71 bits per heavy atom. The quantitative estimate of drug-likeness (QED) is 0.486. The van der Waals surface area contributed by atoms with Crippen LogP contribution in [0.4, 0.5) is 0 Å². The Bertz CT molecular complexity index is 745. The minimum Gasteiger partial charge on any atom is -0.493 e. The normalized spacial score (nSPS) is 12.7. The van der Waals surface area contributed by atoms with E-state index < -0.39 is 0 Å². The maximum absolute atomic E-state index is 6.12. The van der Waals surface area contributed by atoms with Crippen LogP contribution in [0.3, 0.4) is 0 Å². The molecular weight excluding hydrogens is 352 g/mol. The summed E-state index contributed by atoms with van der Waals surface area (Å²) in [5.74, 6) is 1.82. The second kappa shape index (κ2) is 11.2. The summed E-state index contributed by atoms with van der Waals surface area (Å²) < 4.78 is 10.6. The number of benzene rings is 2. The predicted octanol–water partition coefficient (Wildman–Crippen LogP) is 3.19. The van der Waals surface area contributed by atoms with Crippen molar-refractivity contribution >= 4 is 5.96 Å². The summed E-state index contributed by atoms with van der Waals surface area (Å²) >= 11 is 0. The van der Waals surface area contributed by atoms with Crippen molar-refractivity contribution in [3.8, 4) is 11.5 Å². The molecule has 0 aliphatic rings. The fourth-order valence-corrected chi connectivity index (χ4v) is 3.21. The van der Waals surface area contributed by atoms with Gasteiger partial charge in [-0.25, -0.2) is 4.99 Å². The fraction of sp³-hybridized carbons (Fsp3) is 0.409. The van der Waals surface area contributed by atoms with Crippen LogP contribution in [0, 0.1) is 0 Å². The van der Waals surface area contributed by atoms with E-state index in [9.17, 15) is 0 Å². The second-order valence-corrected chi connectivity index (χ2v) is 6.42. The van der Waals surface area contributed by atoms with Crippen molar-refractivity contribution in [1.82, 2.24) is 10.2 Å². The van der Waals surface area contributed by atoms with Crippen molar-refractivity contribution in [3.63, 3.8) is 0 Å². The van der Waals surface area contributed by atoms with Gasteiger partial charge in [0.25, 0.3) is 0 Å². The lowest BCUT2D eigenvalue weighted by molar-refractivity contribution is 0.219. The van der Waals surface area contributed by atoms with E-state index in [2.05, 4.69) is 53.3 Å². The highest BCUT2D eigenvalue weighted by atomic mass is 16.5. The molecule has 0 saturated heterocycles. The summed E-state index contributed by atoms with van der Waals surface area (Å²) in [5.41, 5.74) is 8.40. The number of nitrogens with two attached hydrogens (primary N) is 1. The first-order chi connectivity index (χ1) is 13.6. The summed E-state index contributed by atoms with van der Waals surface area (Å²) in [6.45, 7) is 7.47. The molecule has 0 heterocycles. The minimum absolute atomic E-state index is 0.242. The largest absolute Gasteiger partial charge is 0.493 e. The Labute approximate surface area is 168 Å². The van der Waals surface area contributed by atoms with Crippen LogP contribution in [0.15, 0.2) is 53.5 Å². The maximum atomic E-state index is 6.12. The molecule has 0 aromatic heterocycles. The lowest BCUT2D eigenvalue weighted by Crippen LogP contribution is -2.40. The molecular formula is C22H32N4O2. The minimum atomic E-state index is 0.242. The molecule has 1 atom stereocenters. The summed E-state index contributed by atoms with van der Waals surface area (Å²) in [6, 6.07) is 16.5. The number of aliphatic imine (C=N–C) groups is 1. The Morgan fingerprint density at radius 1 is 1.04 bits per heavy atom. The summed E-state index contributed by atoms with van der Waals surface area (Å²) in [7, 11) is 3.24. The van der Waals surface area contributed by atoms with Gasteiger partial charge >= 0.3 is 0 Å². The van der Waals surface area contributed by atoms with Gasteiger partial charge in [0.2, 0.25) is 0 Å². The Balaban J connectivity index is 2.03. The van der Waals surface area contributed by atoms with E-state index >= 15 is 0 Å². The van der Waals surface area contributed by atoms with Crippen LogP contribution in [0.2, 0.25) is 0 Å². The Morgan fingerprint density at radius 3 is 2.32 bits per heavy atom. The molecule has 6 nitrogen and oxygen atoms in total. The molecule has 152 valence electrons. The molecule has 2 rings (SSSR count). The Hall–Kier alpha value is -2.73. The number of nitrogens with one attached hydrogen (secondary N) is 1. The number of methoxy groups -OCH3 is 2. The van der Waals surface area contributed by atoms with Crippen molar-refractivity contribution in [2.24, 2.45) is 10.7 Å². The number of likely N-dealkylation sites (N-methyl/N-ethyl adjacent to an activating group) is 1. The topological polar surface area (TPSA) is 72.1 Å². The van der Waals surface area contributed by atoms with Crippen molar-refractivity contribution in [1.29, 1.82) is 0 Å². The van der Waals surface area contributed by atoms with Crippen molar-refractivity contribution in [2.45, 2.75) is 26.4 Å². The van der Waals surface area contributed by atoms with E-state index in [1.54, 1.807) is 14.2 Å². The number of rotatable bonds is 10. The van der Waals surface area contributed by atoms with Crippen LogP contribution in [0.1, 0.15) is 31.0 Å². The number of guanidine groups is 1. The van der Waals surface area contributed by atoms with E-state index in [0.717, 1.165) is 18.7 Å². The standard InChI is InChI=1S/C22H32N4O2/c1-5-26(6-2)19(18-10-8-7-9-11-18)16-25-22(23)24-15-17-12-13-20(27-3)21(14-17)28-4/h7-14,19H,5-6,15-16H2,1-4H3,(H3,23,24,25). The van der Waals surface area contributed by atoms with Crippen molar-refractivity contribution in [3.05, 3.63) is 59.7 Å². The summed E-state index contributed by atoms with van der Waals surface area (Å²) in [4.78, 5) is 6.88. The van der Waals surface area contributed by atoms with E-state index in [-0.39, 0.29) is 6.04 Å². The van der Waals surface area contributed by atoms with E-state index in [0.29, 0.717) is 30.5 Å². The Kier molecular flexibility index (Phi) is 8.62. The van der Waals surface area contributed by atoms with Gasteiger partial charge in [-0.3, -0.25) is 4.90 Å². The molecule has 2 aromatic carbocycles. The van der Waals surface area contributed by atoms with E-state index in [4.69, 9.17) is 15.2 Å². The highest BCUT2D eigenvalue weighted by molar-refractivity contribution is 5.77. The number of nitrogens with zero attached hydrogens (tertiary/aromatic N) is 2. The SMILES string of the molecule is CCN(CC)C(CNC(N)=NCc1ccc(OC)c(OC)c1)c1ccccc1. The van der Waals surface area contributed by atoms with Gasteiger partial charge < -0.3 is 20.5 Å². The van der Waals surface area contributed by atoms with Crippen LogP contribution >= 0.6 is 0 Å². The van der Waals surface area contributed by atoms with Gasteiger partial charge in [-0.2, -0.15) is 0 Å². The monoisotopic (exact) mass is 384 g/mol. The first-order valence-corrected chi connectivity index (χ1v) is 9.66. The maximum Gasteiger partial charge on any atom is 0.188 e. The summed E-state index contributed by atoms with van der Waals surface area (Å²) in [6.07, 6.45) is 0. The molecule has 6 heteroatoms. The molecule has 0 radical (unpaired) electrons. The first kappa shape index (κ1) is 21.6. The van der Waals surface area contributed by atoms with Crippen LogP contribution < -0.4 is 20.5 Å². The average Bonchev–Trinajstić information content (AvgIpc) is 2.75. The molecule has 0 amide bonds. The molecule has 0 aliphatic heterocycles. The third-order valence-corrected chi connectivity index (χ3v) is 4.79. The second-order valence-electron chi connectivity index (χ2n) is 6.42. The molecule has 1 unspecified atom stereocenters. The van der Waals surface area contributed by atoms with E-state index in [1.807, 2.05) is 24.3 Å². The molecule has 3 N–H and O–H groups in total. The van der Waals surface area contributed by atoms with Gasteiger partial charge in [0, 0.05) is 6.54 Å². The zero-order chi connectivity index (χ0) is 20.4. The van der Waals surface area contributed by atoms with Gasteiger partial charge in [-0.1, -0.05) is 50.2 Å². The number of ether oxygens (including phenoxy) is 2. The van der Waals surface area contributed by atoms with Crippen molar-refractivity contribution in [2.75, 3.05) is 33.9 Å². The number of hydrogen-bond donors (Lipinski definition) is 2. The lowest BCUT2D eigenvalue weighted by Gasteiger charge is -2.30. The number of hydrogen-bond acceptors (Lipinski definition) is 4. The van der Waals surface area contributed by atoms with Gasteiger partial charge in [-0.15, -0.1) is 0 Å². The molecule has 2 aromatic rings. The smallest absolute Gasteiger partial charge is 0.188 e. The summed E-state index contributed by atoms with van der Waals surface area (Å²) in [5, 5.41) is 3.28.